The number of carbonyl (C=O) groups excluding carboxylic acids is 1. The molecule has 30 heavy (non-hydrogen) atoms. The first-order valence-electron chi connectivity index (χ1n) is 8.59. The van der Waals surface area contributed by atoms with Crippen LogP contribution in [0.2, 0.25) is 10.0 Å². The van der Waals surface area contributed by atoms with Gasteiger partial charge in [0.25, 0.3) is 5.91 Å². The van der Waals surface area contributed by atoms with Crippen molar-refractivity contribution in [3.8, 4) is 11.5 Å². The summed E-state index contributed by atoms with van der Waals surface area (Å²) in [5, 5.41) is 12.9. The van der Waals surface area contributed by atoms with Crippen LogP contribution in [0.5, 0.6) is 11.5 Å². The molecule has 1 fully saturated rings. The van der Waals surface area contributed by atoms with E-state index in [1.165, 1.54) is 14.0 Å². The Morgan fingerprint density at radius 1 is 1.23 bits per heavy atom. The highest BCUT2D eigenvalue weighted by molar-refractivity contribution is 8.18. The maximum absolute atomic E-state index is 12.3. The van der Waals surface area contributed by atoms with Crippen molar-refractivity contribution in [2.45, 2.75) is 13.0 Å². The summed E-state index contributed by atoms with van der Waals surface area (Å²) >= 11 is 13.2. The Balaban J connectivity index is 1.82. The Kier molecular flexibility index (Phi) is 6.91. The predicted molar refractivity (Wildman–Crippen MR) is 118 cm³/mol. The molecular formula is C20H16Cl2N2O5S. The number of methoxy groups -OCH3 is 1. The van der Waals surface area contributed by atoms with Gasteiger partial charge >= 0.3 is 5.97 Å². The molecule has 7 nitrogen and oxygen atoms in total. The molecule has 1 aliphatic rings. The number of amides is 1. The summed E-state index contributed by atoms with van der Waals surface area (Å²) in [7, 11) is 1.45. The number of hydrogen-bond acceptors (Lipinski definition) is 6. The molecule has 3 rings (SSSR count). The highest BCUT2D eigenvalue weighted by Crippen LogP contribution is 2.34. The number of carbonyl (C=O) groups is 2. The second-order valence-electron chi connectivity index (χ2n) is 6.09. The Labute approximate surface area is 186 Å². The minimum Gasteiger partial charge on any atom is -0.493 e. The van der Waals surface area contributed by atoms with Crippen LogP contribution < -0.4 is 14.8 Å². The van der Waals surface area contributed by atoms with Crippen molar-refractivity contribution >= 4 is 63.8 Å². The van der Waals surface area contributed by atoms with Crippen molar-refractivity contribution in [3.63, 3.8) is 0 Å². The van der Waals surface area contributed by atoms with Gasteiger partial charge in [0, 0.05) is 5.02 Å². The van der Waals surface area contributed by atoms with Crippen molar-refractivity contribution in [2.24, 2.45) is 4.99 Å². The number of carboxylic acids is 1. The monoisotopic (exact) mass is 466 g/mol. The number of aliphatic imine (C=N–C) groups is 1. The normalized spacial score (nSPS) is 17.1. The van der Waals surface area contributed by atoms with Crippen molar-refractivity contribution < 1.29 is 24.2 Å². The number of amidine groups is 1. The molecule has 1 unspecified atom stereocenters. The van der Waals surface area contributed by atoms with E-state index in [1.807, 2.05) is 0 Å². The molecule has 10 heteroatoms. The third-order valence-corrected chi connectivity index (χ3v) is 5.37. The summed E-state index contributed by atoms with van der Waals surface area (Å²) in [6.07, 6.45) is 0.636. The van der Waals surface area contributed by atoms with E-state index in [2.05, 4.69) is 10.3 Å². The molecule has 156 valence electrons. The van der Waals surface area contributed by atoms with E-state index >= 15 is 0 Å². The maximum Gasteiger partial charge on any atom is 0.344 e. The highest BCUT2D eigenvalue weighted by atomic mass is 35.5. The number of nitrogens with zero attached hydrogens (tertiary/aromatic N) is 1. The third kappa shape index (κ3) is 5.27. The number of halogens is 2. The molecule has 0 spiro atoms. The van der Waals surface area contributed by atoms with Crippen molar-refractivity contribution in [2.75, 3.05) is 7.11 Å². The number of ether oxygens (including phenoxy) is 2. The quantitative estimate of drug-likeness (QED) is 0.596. The lowest BCUT2D eigenvalue weighted by molar-refractivity contribution is -0.144. The topological polar surface area (TPSA) is 97.2 Å². The molecule has 0 aliphatic carbocycles. The fourth-order valence-corrected chi connectivity index (χ4v) is 3.71. The zero-order valence-corrected chi connectivity index (χ0v) is 18.1. The average molecular weight is 467 g/mol. The second-order valence-corrected chi connectivity index (χ2v) is 7.96. The van der Waals surface area contributed by atoms with E-state index in [1.54, 1.807) is 42.5 Å². The summed E-state index contributed by atoms with van der Waals surface area (Å²) in [5.41, 5.74) is 1.16. The van der Waals surface area contributed by atoms with E-state index in [9.17, 15) is 9.59 Å². The van der Waals surface area contributed by atoms with Gasteiger partial charge in [-0.1, -0.05) is 29.3 Å². The molecule has 0 aromatic heterocycles. The van der Waals surface area contributed by atoms with Gasteiger partial charge < -0.3 is 19.9 Å². The number of carboxylic acid groups (broad SMARTS) is 1. The van der Waals surface area contributed by atoms with Crippen LogP contribution in [0.3, 0.4) is 0 Å². The first-order valence-corrected chi connectivity index (χ1v) is 10.2. The van der Waals surface area contributed by atoms with Crippen LogP contribution in [-0.2, 0) is 9.59 Å². The minimum atomic E-state index is -1.09. The van der Waals surface area contributed by atoms with Gasteiger partial charge in [0.1, 0.15) is 0 Å². The second kappa shape index (κ2) is 9.42. The van der Waals surface area contributed by atoms with Crippen LogP contribution in [0.25, 0.3) is 6.08 Å². The molecule has 1 amide bonds. The van der Waals surface area contributed by atoms with E-state index in [0.29, 0.717) is 37.1 Å². The predicted octanol–water partition coefficient (Wildman–Crippen LogP) is 4.75. The van der Waals surface area contributed by atoms with Crippen LogP contribution >= 0.6 is 35.0 Å². The molecule has 1 saturated heterocycles. The van der Waals surface area contributed by atoms with Gasteiger partial charge in [0.15, 0.2) is 22.8 Å². The standard InChI is InChI=1S/C20H16Cl2N2O5S/c1-10(19(26)27)29-15-6-3-11(7-16(15)28-2)8-17-18(25)24-20(30-17)23-14-5-4-12(21)9-13(14)22/h3-10H,1-2H3,(H,26,27)(H,23,24,25)/b17-8+. The number of nitrogens with one attached hydrogen (secondary N) is 1. The number of thioether (sulfide) groups is 1. The van der Waals surface area contributed by atoms with Crippen molar-refractivity contribution in [1.29, 1.82) is 0 Å². The Bertz CT molecular complexity index is 1070. The molecule has 1 atom stereocenters. The van der Waals surface area contributed by atoms with Crippen LogP contribution in [0, 0.1) is 0 Å². The largest absolute Gasteiger partial charge is 0.493 e. The fourth-order valence-electron chi connectivity index (χ4n) is 2.43. The van der Waals surface area contributed by atoms with Gasteiger partial charge in [-0.3, -0.25) is 4.79 Å². The number of hydrogen-bond donors (Lipinski definition) is 2. The van der Waals surface area contributed by atoms with Gasteiger partial charge in [-0.05, 0) is 60.7 Å². The van der Waals surface area contributed by atoms with Gasteiger partial charge in [-0.15, -0.1) is 0 Å². The highest BCUT2D eigenvalue weighted by Gasteiger charge is 2.24. The average Bonchev–Trinajstić information content (AvgIpc) is 3.04. The Morgan fingerprint density at radius 2 is 2.00 bits per heavy atom. The number of aliphatic carboxylic acids is 1. The molecular weight excluding hydrogens is 451 g/mol. The lowest BCUT2D eigenvalue weighted by Gasteiger charge is -2.14. The van der Waals surface area contributed by atoms with E-state index < -0.39 is 12.1 Å². The minimum absolute atomic E-state index is 0.290. The summed E-state index contributed by atoms with van der Waals surface area (Å²) in [6, 6.07) is 9.82. The first-order chi connectivity index (χ1) is 14.3. The first kappa shape index (κ1) is 22.0. The lowest BCUT2D eigenvalue weighted by Crippen LogP contribution is -2.23. The molecule has 0 saturated carbocycles. The zero-order valence-electron chi connectivity index (χ0n) is 15.8. The van der Waals surface area contributed by atoms with Gasteiger partial charge in [0.05, 0.1) is 22.7 Å². The van der Waals surface area contributed by atoms with Crippen molar-refractivity contribution in [1.82, 2.24) is 5.32 Å². The van der Waals surface area contributed by atoms with E-state index in [0.717, 1.165) is 11.8 Å². The summed E-state index contributed by atoms with van der Waals surface area (Å²) in [6.45, 7) is 1.42. The van der Waals surface area contributed by atoms with Gasteiger partial charge in [-0.2, -0.15) is 0 Å². The summed E-state index contributed by atoms with van der Waals surface area (Å²) in [5.74, 6) is -0.752. The molecule has 1 heterocycles. The van der Waals surface area contributed by atoms with Crippen LogP contribution in [0.4, 0.5) is 5.69 Å². The van der Waals surface area contributed by atoms with Crippen LogP contribution in [0.15, 0.2) is 46.3 Å². The Hall–Kier alpha value is -2.68. The summed E-state index contributed by atoms with van der Waals surface area (Å²) < 4.78 is 10.7. The molecule has 2 aromatic carbocycles. The van der Waals surface area contributed by atoms with Crippen molar-refractivity contribution in [3.05, 3.63) is 56.9 Å². The third-order valence-electron chi connectivity index (χ3n) is 3.92. The molecule has 2 aromatic rings. The summed E-state index contributed by atoms with van der Waals surface area (Å²) in [4.78, 5) is 28.1. The molecule has 2 N–H and O–H groups in total. The van der Waals surface area contributed by atoms with Crippen LogP contribution in [0.1, 0.15) is 12.5 Å². The van der Waals surface area contributed by atoms with E-state index in [-0.39, 0.29) is 11.7 Å². The fraction of sp³-hybridized carbons (Fsp3) is 0.150. The lowest BCUT2D eigenvalue weighted by atomic mass is 10.2. The van der Waals surface area contributed by atoms with Gasteiger partial charge in [0.2, 0.25) is 0 Å². The smallest absolute Gasteiger partial charge is 0.344 e. The molecule has 0 bridgehead atoms. The SMILES string of the molecule is COc1cc(/C=C2/SC(=Nc3ccc(Cl)cc3Cl)NC2=O)ccc1OC(C)C(=O)O. The van der Waals surface area contributed by atoms with Gasteiger partial charge in [-0.25, -0.2) is 9.79 Å². The maximum atomic E-state index is 12.3. The number of rotatable bonds is 6. The Morgan fingerprint density at radius 3 is 2.67 bits per heavy atom. The molecule has 0 radical (unpaired) electrons. The zero-order chi connectivity index (χ0) is 21.8. The van der Waals surface area contributed by atoms with Crippen LogP contribution in [-0.4, -0.2) is 35.4 Å². The van der Waals surface area contributed by atoms with E-state index in [4.69, 9.17) is 37.8 Å². The number of benzene rings is 2. The molecule has 1 aliphatic heterocycles.